The Morgan fingerprint density at radius 1 is 1.08 bits per heavy atom. The summed E-state index contributed by atoms with van der Waals surface area (Å²) in [4.78, 5) is 25.1. The number of hydrogen-bond acceptors (Lipinski definition) is 3. The molecule has 1 fully saturated rings. The Labute approximate surface area is 153 Å². The fourth-order valence-corrected chi connectivity index (χ4v) is 3.08. The Morgan fingerprint density at radius 2 is 1.85 bits per heavy atom. The van der Waals surface area contributed by atoms with Crippen LogP contribution in [0.5, 0.6) is 0 Å². The minimum absolute atomic E-state index is 0.0120. The standard InChI is InChI=1S/C20H25N3O3/c1-2-3-14-26-15-19(24)22-12-7-13-23(22)20(25)21-18-11-6-9-16-8-4-5-10-17(16)18/h4-6,8-11H,2-3,7,12-15H2,1H3,(H,21,25). The number of hydrogen-bond donors (Lipinski definition) is 1. The topological polar surface area (TPSA) is 61.9 Å². The van der Waals surface area contributed by atoms with Crippen LogP contribution < -0.4 is 5.32 Å². The molecule has 0 aromatic heterocycles. The normalized spacial score (nSPS) is 14.0. The van der Waals surface area contributed by atoms with Crippen LogP contribution in [0.4, 0.5) is 10.5 Å². The van der Waals surface area contributed by atoms with Gasteiger partial charge in [0.05, 0.1) is 5.69 Å². The number of unbranched alkanes of at least 4 members (excludes halogenated alkanes) is 1. The zero-order valence-electron chi connectivity index (χ0n) is 15.1. The number of carbonyl (C=O) groups excluding carboxylic acids is 2. The highest BCUT2D eigenvalue weighted by Gasteiger charge is 2.30. The first-order valence-electron chi connectivity index (χ1n) is 9.15. The minimum Gasteiger partial charge on any atom is -0.372 e. The Bertz CT molecular complexity index is 772. The van der Waals surface area contributed by atoms with Gasteiger partial charge >= 0.3 is 6.03 Å². The van der Waals surface area contributed by atoms with Gasteiger partial charge in [-0.25, -0.2) is 14.8 Å². The number of nitrogens with zero attached hydrogens (tertiary/aromatic N) is 2. The van der Waals surface area contributed by atoms with E-state index in [-0.39, 0.29) is 18.5 Å². The quantitative estimate of drug-likeness (QED) is 0.805. The Kier molecular flexibility index (Phi) is 6.07. The molecule has 26 heavy (non-hydrogen) atoms. The number of nitrogens with one attached hydrogen (secondary N) is 1. The number of anilines is 1. The van der Waals surface area contributed by atoms with Crippen LogP contribution in [0.25, 0.3) is 10.8 Å². The van der Waals surface area contributed by atoms with Crippen LogP contribution in [-0.2, 0) is 9.53 Å². The van der Waals surface area contributed by atoms with Crippen LogP contribution in [0.15, 0.2) is 42.5 Å². The summed E-state index contributed by atoms with van der Waals surface area (Å²) < 4.78 is 5.40. The average molecular weight is 355 g/mol. The Balaban J connectivity index is 1.65. The molecule has 2 aromatic rings. The van der Waals surface area contributed by atoms with Gasteiger partial charge in [-0.3, -0.25) is 4.79 Å². The van der Waals surface area contributed by atoms with Crippen LogP contribution in [0.2, 0.25) is 0 Å². The molecule has 3 rings (SSSR count). The molecule has 0 saturated carbocycles. The summed E-state index contributed by atoms with van der Waals surface area (Å²) in [6.07, 6.45) is 2.72. The maximum atomic E-state index is 12.7. The predicted molar refractivity (Wildman–Crippen MR) is 102 cm³/mol. The maximum Gasteiger partial charge on any atom is 0.340 e. The molecule has 2 aromatic carbocycles. The third-order valence-electron chi connectivity index (χ3n) is 4.45. The minimum atomic E-state index is -0.291. The Hall–Kier alpha value is -2.60. The van der Waals surface area contributed by atoms with Gasteiger partial charge in [-0.2, -0.15) is 0 Å². The third kappa shape index (κ3) is 4.14. The molecule has 6 heteroatoms. The van der Waals surface area contributed by atoms with Gasteiger partial charge in [0.15, 0.2) is 0 Å². The number of rotatable bonds is 6. The summed E-state index contributed by atoms with van der Waals surface area (Å²) in [6, 6.07) is 13.4. The molecule has 0 aliphatic carbocycles. The molecule has 0 unspecified atom stereocenters. The van der Waals surface area contributed by atoms with Gasteiger partial charge in [0.2, 0.25) is 0 Å². The largest absolute Gasteiger partial charge is 0.372 e. The molecule has 0 bridgehead atoms. The van der Waals surface area contributed by atoms with Crippen LogP contribution >= 0.6 is 0 Å². The number of amides is 3. The molecule has 1 heterocycles. The summed E-state index contributed by atoms with van der Waals surface area (Å²) in [5.41, 5.74) is 0.742. The summed E-state index contributed by atoms with van der Waals surface area (Å²) in [7, 11) is 0. The van der Waals surface area contributed by atoms with Crippen molar-refractivity contribution in [3.05, 3.63) is 42.5 Å². The zero-order chi connectivity index (χ0) is 18.4. The van der Waals surface area contributed by atoms with Crippen molar-refractivity contribution in [3.63, 3.8) is 0 Å². The lowest BCUT2D eigenvalue weighted by atomic mass is 10.1. The molecule has 0 radical (unpaired) electrons. The van der Waals surface area contributed by atoms with Crippen molar-refractivity contribution in [3.8, 4) is 0 Å². The second kappa shape index (κ2) is 8.67. The van der Waals surface area contributed by atoms with Crippen LogP contribution in [0.1, 0.15) is 26.2 Å². The lowest BCUT2D eigenvalue weighted by Crippen LogP contribution is -2.48. The van der Waals surface area contributed by atoms with Gasteiger partial charge in [-0.05, 0) is 24.3 Å². The molecular weight excluding hydrogens is 330 g/mol. The van der Waals surface area contributed by atoms with Crippen molar-refractivity contribution in [1.29, 1.82) is 0 Å². The highest BCUT2D eigenvalue weighted by Crippen LogP contribution is 2.24. The first-order chi connectivity index (χ1) is 12.7. The van der Waals surface area contributed by atoms with E-state index < -0.39 is 0 Å². The van der Waals surface area contributed by atoms with Gasteiger partial charge in [0, 0.05) is 25.1 Å². The van der Waals surface area contributed by atoms with E-state index in [4.69, 9.17) is 4.74 Å². The highest BCUT2D eigenvalue weighted by atomic mass is 16.5. The number of hydrazine groups is 1. The van der Waals surface area contributed by atoms with E-state index in [0.29, 0.717) is 19.7 Å². The first kappa shape index (κ1) is 18.2. The average Bonchev–Trinajstić information content (AvgIpc) is 3.15. The van der Waals surface area contributed by atoms with Gasteiger partial charge in [-0.1, -0.05) is 49.7 Å². The van der Waals surface area contributed by atoms with Crippen molar-refractivity contribution in [2.45, 2.75) is 26.2 Å². The molecule has 1 aliphatic heterocycles. The number of ether oxygens (including phenoxy) is 1. The van der Waals surface area contributed by atoms with Crippen molar-refractivity contribution >= 4 is 28.4 Å². The molecule has 138 valence electrons. The molecule has 1 N–H and O–H groups in total. The molecule has 0 spiro atoms. The first-order valence-corrected chi connectivity index (χ1v) is 9.15. The number of benzene rings is 2. The van der Waals surface area contributed by atoms with E-state index in [1.54, 1.807) is 0 Å². The second-order valence-corrected chi connectivity index (χ2v) is 6.36. The van der Waals surface area contributed by atoms with Crippen molar-refractivity contribution in [2.24, 2.45) is 0 Å². The van der Waals surface area contributed by atoms with E-state index in [2.05, 4.69) is 12.2 Å². The van der Waals surface area contributed by atoms with E-state index in [0.717, 1.165) is 35.7 Å². The van der Waals surface area contributed by atoms with E-state index >= 15 is 0 Å². The summed E-state index contributed by atoms with van der Waals surface area (Å²) in [6.45, 7) is 3.72. The molecule has 1 saturated heterocycles. The maximum absolute atomic E-state index is 12.7. The second-order valence-electron chi connectivity index (χ2n) is 6.36. The molecule has 6 nitrogen and oxygen atoms in total. The molecular formula is C20H25N3O3. The predicted octanol–water partition coefficient (Wildman–Crippen LogP) is 3.64. The van der Waals surface area contributed by atoms with Crippen LogP contribution in [0.3, 0.4) is 0 Å². The van der Waals surface area contributed by atoms with Gasteiger partial charge < -0.3 is 10.1 Å². The molecule has 0 atom stereocenters. The smallest absolute Gasteiger partial charge is 0.340 e. The van der Waals surface area contributed by atoms with Crippen molar-refractivity contribution in [2.75, 3.05) is 31.6 Å². The number of fused-ring (bicyclic) bond motifs is 1. The fraction of sp³-hybridized carbons (Fsp3) is 0.400. The summed E-state index contributed by atoms with van der Waals surface area (Å²) in [5, 5.41) is 7.95. The lowest BCUT2D eigenvalue weighted by Gasteiger charge is -2.28. The van der Waals surface area contributed by atoms with Gasteiger partial charge in [-0.15, -0.1) is 0 Å². The third-order valence-corrected chi connectivity index (χ3v) is 4.45. The van der Waals surface area contributed by atoms with Gasteiger partial charge in [0.1, 0.15) is 6.61 Å². The summed E-state index contributed by atoms with van der Waals surface area (Å²) in [5.74, 6) is -0.174. The van der Waals surface area contributed by atoms with E-state index in [1.807, 2.05) is 42.5 Å². The van der Waals surface area contributed by atoms with Crippen molar-refractivity contribution < 1.29 is 14.3 Å². The number of carbonyl (C=O) groups is 2. The Morgan fingerprint density at radius 3 is 2.69 bits per heavy atom. The SMILES string of the molecule is CCCCOCC(=O)N1CCCN1C(=O)Nc1cccc2ccccc12. The fourth-order valence-electron chi connectivity index (χ4n) is 3.08. The highest BCUT2D eigenvalue weighted by molar-refractivity contribution is 6.02. The monoisotopic (exact) mass is 355 g/mol. The van der Waals surface area contributed by atoms with E-state index in [1.165, 1.54) is 10.0 Å². The zero-order valence-corrected chi connectivity index (χ0v) is 15.1. The van der Waals surface area contributed by atoms with Crippen LogP contribution in [0, 0.1) is 0 Å². The summed E-state index contributed by atoms with van der Waals surface area (Å²) >= 11 is 0. The van der Waals surface area contributed by atoms with Gasteiger partial charge in [0.25, 0.3) is 5.91 Å². The molecule has 3 amide bonds. The lowest BCUT2D eigenvalue weighted by molar-refractivity contribution is -0.144. The number of urea groups is 1. The van der Waals surface area contributed by atoms with E-state index in [9.17, 15) is 9.59 Å². The van der Waals surface area contributed by atoms with Crippen LogP contribution in [-0.4, -0.2) is 48.3 Å². The van der Waals surface area contributed by atoms with Crippen molar-refractivity contribution in [1.82, 2.24) is 10.0 Å². The molecule has 1 aliphatic rings.